The molecule has 0 fully saturated rings. The van der Waals surface area contributed by atoms with Gasteiger partial charge in [-0.05, 0) is 32.6 Å². The Bertz CT molecular complexity index is 183. The Morgan fingerprint density at radius 1 is 1.29 bits per heavy atom. The van der Waals surface area contributed by atoms with Crippen LogP contribution in [0.1, 0.15) is 39.0 Å². The van der Waals surface area contributed by atoms with Crippen LogP contribution in [-0.2, 0) is 9.53 Å². The molecule has 0 aromatic carbocycles. The van der Waals surface area contributed by atoms with E-state index in [9.17, 15) is 4.79 Å². The fraction of sp³-hybridized carbons (Fsp3) is 0.583. The molecule has 0 radical (unpaired) electrons. The quantitative estimate of drug-likeness (QED) is 0.258. The summed E-state index contributed by atoms with van der Waals surface area (Å²) in [4.78, 5) is 10.9. The molecule has 0 N–H and O–H groups in total. The topological polar surface area (TPSA) is 26.3 Å². The fourth-order valence-corrected chi connectivity index (χ4v) is 1.10. The molecule has 0 amide bonds. The van der Waals surface area contributed by atoms with Crippen LogP contribution in [0.2, 0.25) is 0 Å². The minimum atomic E-state index is -0.237. The molecule has 80 valence electrons. The van der Waals surface area contributed by atoms with Gasteiger partial charge in [-0.25, -0.2) is 4.79 Å². The van der Waals surface area contributed by atoms with Crippen molar-refractivity contribution in [3.8, 4) is 0 Å². The average Bonchev–Trinajstić information content (AvgIpc) is 2.17. The molecule has 2 heteroatoms. The van der Waals surface area contributed by atoms with Gasteiger partial charge in [-0.3, -0.25) is 0 Å². The molecule has 0 aliphatic carbocycles. The lowest BCUT2D eigenvalue weighted by Gasteiger charge is -1.95. The summed E-state index contributed by atoms with van der Waals surface area (Å²) in [5.41, 5.74) is 0. The van der Waals surface area contributed by atoms with Gasteiger partial charge in [0.1, 0.15) is 0 Å². The third-order valence-electron chi connectivity index (χ3n) is 1.82. The predicted molar refractivity (Wildman–Crippen MR) is 59.1 cm³/mol. The van der Waals surface area contributed by atoms with Crippen molar-refractivity contribution < 1.29 is 9.53 Å². The number of carbonyl (C=O) groups is 1. The largest absolute Gasteiger partial charge is 0.463 e. The SMILES string of the molecule is C=CCCCCC/C=C\C(=O)OCC. The highest BCUT2D eigenvalue weighted by Crippen LogP contribution is 2.03. The number of ether oxygens (including phenoxy) is 1. The molecular weight excluding hydrogens is 176 g/mol. The summed E-state index contributed by atoms with van der Waals surface area (Å²) in [6, 6.07) is 0. The van der Waals surface area contributed by atoms with Crippen molar-refractivity contribution in [2.75, 3.05) is 6.61 Å². The van der Waals surface area contributed by atoms with Crippen LogP contribution in [0.25, 0.3) is 0 Å². The summed E-state index contributed by atoms with van der Waals surface area (Å²) in [5, 5.41) is 0. The molecule has 0 saturated heterocycles. The van der Waals surface area contributed by atoms with Gasteiger partial charge in [-0.2, -0.15) is 0 Å². The zero-order chi connectivity index (χ0) is 10.6. The molecule has 0 aliphatic rings. The van der Waals surface area contributed by atoms with E-state index >= 15 is 0 Å². The highest BCUT2D eigenvalue weighted by molar-refractivity contribution is 5.81. The van der Waals surface area contributed by atoms with Crippen LogP contribution in [0.15, 0.2) is 24.8 Å². The molecule has 0 saturated carbocycles. The van der Waals surface area contributed by atoms with Crippen molar-refractivity contribution in [1.29, 1.82) is 0 Å². The van der Waals surface area contributed by atoms with E-state index in [2.05, 4.69) is 6.58 Å². The average molecular weight is 196 g/mol. The minimum absolute atomic E-state index is 0.237. The van der Waals surface area contributed by atoms with Crippen LogP contribution >= 0.6 is 0 Å². The molecule has 0 unspecified atom stereocenters. The van der Waals surface area contributed by atoms with Crippen molar-refractivity contribution in [2.45, 2.75) is 39.0 Å². The molecule has 0 bridgehead atoms. The second-order valence-electron chi connectivity index (χ2n) is 3.08. The lowest BCUT2D eigenvalue weighted by atomic mass is 10.1. The number of unbranched alkanes of at least 4 members (excludes halogenated alkanes) is 4. The zero-order valence-corrected chi connectivity index (χ0v) is 9.00. The lowest BCUT2D eigenvalue weighted by molar-refractivity contribution is -0.137. The maximum absolute atomic E-state index is 10.9. The van der Waals surface area contributed by atoms with Crippen LogP contribution in [0, 0.1) is 0 Å². The summed E-state index contributed by atoms with van der Waals surface area (Å²) in [5.74, 6) is -0.237. The van der Waals surface area contributed by atoms with E-state index in [-0.39, 0.29) is 5.97 Å². The van der Waals surface area contributed by atoms with Gasteiger partial charge in [0.25, 0.3) is 0 Å². The predicted octanol–water partition coefficient (Wildman–Crippen LogP) is 3.24. The molecule has 0 aromatic heterocycles. The molecular formula is C12H20O2. The first kappa shape index (κ1) is 12.9. The first-order chi connectivity index (χ1) is 6.81. The Labute approximate surface area is 86.6 Å². The zero-order valence-electron chi connectivity index (χ0n) is 9.00. The van der Waals surface area contributed by atoms with Gasteiger partial charge in [0.2, 0.25) is 0 Å². The third kappa shape index (κ3) is 9.04. The van der Waals surface area contributed by atoms with E-state index < -0.39 is 0 Å². The maximum atomic E-state index is 10.9. The monoisotopic (exact) mass is 196 g/mol. The van der Waals surface area contributed by atoms with E-state index in [1.165, 1.54) is 18.9 Å². The maximum Gasteiger partial charge on any atom is 0.330 e. The van der Waals surface area contributed by atoms with Gasteiger partial charge in [0, 0.05) is 6.08 Å². The van der Waals surface area contributed by atoms with Crippen molar-refractivity contribution >= 4 is 5.97 Å². The molecule has 14 heavy (non-hydrogen) atoms. The van der Waals surface area contributed by atoms with Gasteiger partial charge >= 0.3 is 5.97 Å². The van der Waals surface area contributed by atoms with E-state index in [0.29, 0.717) is 6.61 Å². The van der Waals surface area contributed by atoms with Crippen molar-refractivity contribution in [3.05, 3.63) is 24.8 Å². The van der Waals surface area contributed by atoms with Crippen molar-refractivity contribution in [3.63, 3.8) is 0 Å². The van der Waals surface area contributed by atoms with Crippen LogP contribution in [0.3, 0.4) is 0 Å². The Morgan fingerprint density at radius 2 is 2.00 bits per heavy atom. The number of allylic oxidation sites excluding steroid dienone is 2. The molecule has 0 aromatic rings. The summed E-state index contributed by atoms with van der Waals surface area (Å²) in [6.07, 6.45) is 10.9. The highest BCUT2D eigenvalue weighted by Gasteiger charge is 1.91. The number of esters is 1. The smallest absolute Gasteiger partial charge is 0.330 e. The van der Waals surface area contributed by atoms with E-state index in [4.69, 9.17) is 4.74 Å². The Hall–Kier alpha value is -1.05. The van der Waals surface area contributed by atoms with Gasteiger partial charge in [0.15, 0.2) is 0 Å². The van der Waals surface area contributed by atoms with Crippen molar-refractivity contribution in [1.82, 2.24) is 0 Å². The van der Waals surface area contributed by atoms with Crippen LogP contribution in [-0.4, -0.2) is 12.6 Å². The molecule has 0 rings (SSSR count). The van der Waals surface area contributed by atoms with Crippen molar-refractivity contribution in [2.24, 2.45) is 0 Å². The summed E-state index contributed by atoms with van der Waals surface area (Å²) < 4.78 is 4.75. The summed E-state index contributed by atoms with van der Waals surface area (Å²) >= 11 is 0. The molecule has 0 spiro atoms. The first-order valence-corrected chi connectivity index (χ1v) is 5.25. The Morgan fingerprint density at radius 3 is 2.64 bits per heavy atom. The van der Waals surface area contributed by atoms with Gasteiger partial charge in [-0.15, -0.1) is 6.58 Å². The molecule has 0 atom stereocenters. The molecule has 2 nitrogen and oxygen atoms in total. The highest BCUT2D eigenvalue weighted by atomic mass is 16.5. The Kier molecular flexibility index (Phi) is 9.28. The second-order valence-corrected chi connectivity index (χ2v) is 3.08. The van der Waals surface area contributed by atoms with Crippen LogP contribution < -0.4 is 0 Å². The second kappa shape index (κ2) is 10.0. The lowest BCUT2D eigenvalue weighted by Crippen LogP contribution is -1.98. The number of carbonyl (C=O) groups excluding carboxylic acids is 1. The third-order valence-corrected chi connectivity index (χ3v) is 1.82. The van der Waals surface area contributed by atoms with Gasteiger partial charge < -0.3 is 4.74 Å². The molecule has 0 aliphatic heterocycles. The number of rotatable bonds is 8. The van der Waals surface area contributed by atoms with Crippen LogP contribution in [0.5, 0.6) is 0 Å². The number of hydrogen-bond acceptors (Lipinski definition) is 2. The van der Waals surface area contributed by atoms with E-state index in [0.717, 1.165) is 19.3 Å². The fourth-order valence-electron chi connectivity index (χ4n) is 1.10. The first-order valence-electron chi connectivity index (χ1n) is 5.25. The van der Waals surface area contributed by atoms with Gasteiger partial charge in [0.05, 0.1) is 6.61 Å². The van der Waals surface area contributed by atoms with E-state index in [1.807, 2.05) is 12.2 Å². The normalized spacial score (nSPS) is 10.4. The molecule has 0 heterocycles. The minimum Gasteiger partial charge on any atom is -0.463 e. The number of hydrogen-bond donors (Lipinski definition) is 0. The summed E-state index contributed by atoms with van der Waals surface area (Å²) in [7, 11) is 0. The summed E-state index contributed by atoms with van der Waals surface area (Å²) in [6.45, 7) is 5.92. The Balaban J connectivity index is 3.26. The van der Waals surface area contributed by atoms with Gasteiger partial charge in [-0.1, -0.05) is 18.6 Å². The van der Waals surface area contributed by atoms with Crippen LogP contribution in [0.4, 0.5) is 0 Å². The van der Waals surface area contributed by atoms with E-state index in [1.54, 1.807) is 6.92 Å². The standard InChI is InChI=1S/C12H20O2/c1-3-5-6-7-8-9-10-11-12(13)14-4-2/h3,10-11H,1,4-9H2,2H3/b11-10-.